The molecule has 0 aromatic carbocycles. The Morgan fingerprint density at radius 3 is 2.57 bits per heavy atom. The van der Waals surface area contributed by atoms with E-state index in [0.29, 0.717) is 5.11 Å². The van der Waals surface area contributed by atoms with Crippen molar-refractivity contribution in [1.29, 1.82) is 0 Å². The van der Waals surface area contributed by atoms with Crippen LogP contribution in [0, 0.1) is 0 Å². The van der Waals surface area contributed by atoms with Gasteiger partial charge in [0.1, 0.15) is 0 Å². The Morgan fingerprint density at radius 2 is 2.43 bits per heavy atom. The zero-order chi connectivity index (χ0) is 5.70. The predicted octanol–water partition coefficient (Wildman–Crippen LogP) is -0.183. The van der Waals surface area contributed by atoms with Crippen LogP contribution in [0.25, 0.3) is 0 Å². The predicted molar refractivity (Wildman–Crippen MR) is 30.7 cm³/mol. The molecule has 0 bridgehead atoms. The number of nitrogens with one attached hydrogen (secondary N) is 1. The third-order valence-corrected chi connectivity index (χ3v) is 0.648. The molecular formula is C2H6N4S. The van der Waals surface area contributed by atoms with Crippen LogP contribution in [0.5, 0.6) is 0 Å². The van der Waals surface area contributed by atoms with E-state index in [4.69, 9.17) is 0 Å². The maximum atomic E-state index is 4.64. The van der Waals surface area contributed by atoms with Crippen LogP contribution in [0.2, 0.25) is 0 Å². The van der Waals surface area contributed by atoms with Gasteiger partial charge in [0.25, 0.3) is 0 Å². The Morgan fingerprint density at radius 1 is 1.86 bits per heavy atom. The van der Waals surface area contributed by atoms with E-state index in [9.17, 15) is 0 Å². The van der Waals surface area contributed by atoms with Crippen molar-refractivity contribution in [3.05, 3.63) is 0 Å². The number of rotatable bonds is 0. The fourth-order valence-electron chi connectivity index (χ4n) is 0.102. The van der Waals surface area contributed by atoms with Crippen LogP contribution >= 0.6 is 12.2 Å². The highest BCUT2D eigenvalue weighted by Crippen LogP contribution is 1.69. The molecule has 0 amide bonds. The largest absolute Gasteiger partial charge is 0.363 e. The molecule has 0 atom stereocenters. The smallest absolute Gasteiger partial charge is 0.215 e. The summed E-state index contributed by atoms with van der Waals surface area (Å²) < 4.78 is 0. The third-order valence-electron chi connectivity index (χ3n) is 0.362. The minimum absolute atomic E-state index is 0.294. The Hall–Kier alpha value is -0.710. The summed E-state index contributed by atoms with van der Waals surface area (Å²) in [5.41, 5.74) is 0. The molecule has 0 aliphatic rings. The van der Waals surface area contributed by atoms with E-state index in [1.165, 1.54) is 0 Å². The summed E-state index contributed by atoms with van der Waals surface area (Å²) in [5.74, 6) is 4.64. The second-order valence-corrected chi connectivity index (χ2v) is 1.16. The fraction of sp³-hybridized carbons (Fsp3) is 0.500. The van der Waals surface area contributed by atoms with Gasteiger partial charge in [-0.25, -0.2) is 0 Å². The third kappa shape index (κ3) is 3.11. The van der Waals surface area contributed by atoms with Gasteiger partial charge < -0.3 is 11.2 Å². The summed E-state index contributed by atoms with van der Waals surface area (Å²) in [6.07, 6.45) is 0. The lowest BCUT2D eigenvalue weighted by Crippen LogP contribution is -2.11. The van der Waals surface area contributed by atoms with Crippen molar-refractivity contribution < 1.29 is 0 Å². The first-order chi connectivity index (χ1) is 3.31. The second-order valence-electron chi connectivity index (χ2n) is 0.771. The highest BCUT2D eigenvalue weighted by Gasteiger charge is 1.78. The van der Waals surface area contributed by atoms with Crippen LogP contribution in [-0.2, 0) is 0 Å². The van der Waals surface area contributed by atoms with E-state index < -0.39 is 0 Å². The average Bonchev–Trinajstić information content (AvgIpc) is 1.68. The summed E-state index contributed by atoms with van der Waals surface area (Å²) in [5, 5.41) is 9.04. The van der Waals surface area contributed by atoms with Gasteiger partial charge in [0.05, 0.1) is 0 Å². The summed E-state index contributed by atoms with van der Waals surface area (Å²) in [4.78, 5) is 0. The molecular weight excluding hydrogens is 112 g/mol. The maximum Gasteiger partial charge on any atom is 0.215 e. The molecule has 7 heavy (non-hydrogen) atoms. The molecule has 4 nitrogen and oxygen atoms in total. The highest BCUT2D eigenvalue weighted by atomic mass is 32.1. The number of thiocarbonyl (C=S) groups is 1. The van der Waals surface area contributed by atoms with Crippen molar-refractivity contribution in [2.24, 2.45) is 16.2 Å². The first-order valence-electron chi connectivity index (χ1n) is 1.64. The first-order valence-corrected chi connectivity index (χ1v) is 2.04. The minimum Gasteiger partial charge on any atom is -0.363 e. The highest BCUT2D eigenvalue weighted by molar-refractivity contribution is 7.80. The molecule has 3 N–H and O–H groups in total. The molecule has 0 aliphatic carbocycles. The normalized spacial score (nSPS) is 9.29. The number of hydrogen-bond acceptors (Lipinski definition) is 2. The first kappa shape index (κ1) is 6.29. The Labute approximate surface area is 46.8 Å². The van der Waals surface area contributed by atoms with Crippen LogP contribution in [0.3, 0.4) is 0 Å². The van der Waals surface area contributed by atoms with E-state index in [-0.39, 0.29) is 0 Å². The Balaban J connectivity index is 3.37. The van der Waals surface area contributed by atoms with Crippen molar-refractivity contribution in [2.45, 2.75) is 0 Å². The number of nitrogens with two attached hydrogens (primary N) is 1. The quantitative estimate of drug-likeness (QED) is 0.201. The second kappa shape index (κ2) is 3.48. The number of hydrogen-bond donors (Lipinski definition) is 2. The lowest BCUT2D eigenvalue weighted by Gasteiger charge is -1.86. The van der Waals surface area contributed by atoms with Crippen LogP contribution in [-0.4, -0.2) is 12.2 Å². The van der Waals surface area contributed by atoms with Gasteiger partial charge in [-0.3, -0.25) is 0 Å². The van der Waals surface area contributed by atoms with Crippen molar-refractivity contribution in [3.8, 4) is 0 Å². The van der Waals surface area contributed by atoms with Crippen molar-refractivity contribution >= 4 is 17.3 Å². The molecule has 0 rings (SSSR count). The van der Waals surface area contributed by atoms with Crippen LogP contribution in [0.4, 0.5) is 0 Å². The SMILES string of the molecule is CNC(=S)/N=N/N. The van der Waals surface area contributed by atoms with Crippen LogP contribution in [0.15, 0.2) is 10.3 Å². The standard InChI is InChI=1S/C2H6N4S/c1-4-2(7)5-6-3/h1H3,(H3,3,4,5,7). The molecule has 0 fully saturated rings. The van der Waals surface area contributed by atoms with E-state index in [1.807, 2.05) is 0 Å². The Kier molecular flexibility index (Phi) is 3.13. The lowest BCUT2D eigenvalue weighted by molar-refractivity contribution is 1.05. The van der Waals surface area contributed by atoms with E-state index in [2.05, 4.69) is 33.7 Å². The van der Waals surface area contributed by atoms with Gasteiger partial charge in [-0.05, 0) is 12.2 Å². The van der Waals surface area contributed by atoms with Gasteiger partial charge in [0.2, 0.25) is 5.11 Å². The molecule has 0 aromatic rings. The zero-order valence-corrected chi connectivity index (χ0v) is 4.70. The van der Waals surface area contributed by atoms with Crippen molar-refractivity contribution in [3.63, 3.8) is 0 Å². The molecule has 40 valence electrons. The molecule has 0 saturated heterocycles. The molecule has 0 radical (unpaired) electrons. The fourth-order valence-corrected chi connectivity index (χ4v) is 0.150. The molecule has 0 heterocycles. The van der Waals surface area contributed by atoms with Crippen molar-refractivity contribution in [2.75, 3.05) is 7.05 Å². The van der Waals surface area contributed by atoms with E-state index >= 15 is 0 Å². The monoisotopic (exact) mass is 118 g/mol. The van der Waals surface area contributed by atoms with Gasteiger partial charge in [-0.15, -0.1) is 5.11 Å². The van der Waals surface area contributed by atoms with Crippen LogP contribution in [0.1, 0.15) is 0 Å². The topological polar surface area (TPSA) is 62.8 Å². The summed E-state index contributed by atoms with van der Waals surface area (Å²) >= 11 is 4.50. The Bertz CT molecular complexity index is 87.7. The van der Waals surface area contributed by atoms with Gasteiger partial charge in [0, 0.05) is 7.05 Å². The van der Waals surface area contributed by atoms with Crippen molar-refractivity contribution in [1.82, 2.24) is 5.32 Å². The van der Waals surface area contributed by atoms with Gasteiger partial charge in [0.15, 0.2) is 0 Å². The van der Waals surface area contributed by atoms with Gasteiger partial charge in [-0.1, -0.05) is 5.22 Å². The average molecular weight is 118 g/mol. The van der Waals surface area contributed by atoms with Gasteiger partial charge in [-0.2, -0.15) is 0 Å². The molecule has 0 unspecified atom stereocenters. The number of nitrogens with zero attached hydrogens (tertiary/aromatic N) is 2. The zero-order valence-electron chi connectivity index (χ0n) is 3.88. The van der Waals surface area contributed by atoms with E-state index in [0.717, 1.165) is 0 Å². The lowest BCUT2D eigenvalue weighted by atomic mass is 11.1. The summed E-state index contributed by atoms with van der Waals surface area (Å²) in [6.45, 7) is 0. The minimum atomic E-state index is 0.294. The molecule has 5 heteroatoms. The molecule has 0 saturated carbocycles. The molecule has 0 spiro atoms. The molecule has 0 aliphatic heterocycles. The van der Waals surface area contributed by atoms with Crippen LogP contribution < -0.4 is 11.2 Å². The van der Waals surface area contributed by atoms with E-state index in [1.54, 1.807) is 7.05 Å². The maximum absolute atomic E-state index is 4.64. The molecule has 0 aromatic heterocycles. The summed E-state index contributed by atoms with van der Waals surface area (Å²) in [7, 11) is 1.65. The van der Waals surface area contributed by atoms with Gasteiger partial charge >= 0.3 is 0 Å². The summed E-state index contributed by atoms with van der Waals surface area (Å²) in [6, 6.07) is 0.